The van der Waals surface area contributed by atoms with Gasteiger partial charge in [-0.1, -0.05) is 38.1 Å². The van der Waals surface area contributed by atoms with Crippen molar-refractivity contribution in [1.82, 2.24) is 10.6 Å². The van der Waals surface area contributed by atoms with Crippen LogP contribution >= 0.6 is 12.2 Å². The fourth-order valence-corrected chi connectivity index (χ4v) is 1.71. The Labute approximate surface area is 115 Å². The number of thiocarbonyl (C=S) groups is 1. The fraction of sp³-hybridized carbons (Fsp3) is 0.500. The van der Waals surface area contributed by atoms with Crippen LogP contribution in [0.4, 0.5) is 0 Å². The standard InChI is InChI=1S/C14H22N2OS/c1-11(2)13-6-4-12(5-7-13)10-16-14(18)15-8-9-17-3/h4-7,11H,8-10H2,1-3H3,(H2,15,16,18). The van der Waals surface area contributed by atoms with Crippen molar-refractivity contribution in [1.29, 1.82) is 0 Å². The Morgan fingerprint density at radius 2 is 1.89 bits per heavy atom. The highest BCUT2D eigenvalue weighted by atomic mass is 32.1. The molecule has 0 unspecified atom stereocenters. The predicted octanol–water partition coefficient (Wildman–Crippen LogP) is 2.42. The van der Waals surface area contributed by atoms with Crippen LogP contribution in [0.25, 0.3) is 0 Å². The first-order chi connectivity index (χ1) is 8.63. The molecule has 0 aliphatic heterocycles. The molecule has 0 aromatic heterocycles. The third kappa shape index (κ3) is 5.47. The van der Waals surface area contributed by atoms with E-state index in [4.69, 9.17) is 17.0 Å². The zero-order valence-corrected chi connectivity index (χ0v) is 12.1. The van der Waals surface area contributed by atoms with Crippen molar-refractivity contribution < 1.29 is 4.74 Å². The van der Waals surface area contributed by atoms with Gasteiger partial charge in [-0.15, -0.1) is 0 Å². The number of hydrogen-bond acceptors (Lipinski definition) is 2. The molecule has 0 amide bonds. The van der Waals surface area contributed by atoms with Gasteiger partial charge in [0.2, 0.25) is 0 Å². The van der Waals surface area contributed by atoms with Gasteiger partial charge in [0.05, 0.1) is 6.61 Å². The molecule has 0 radical (unpaired) electrons. The molecule has 100 valence electrons. The second-order valence-corrected chi connectivity index (χ2v) is 4.91. The van der Waals surface area contributed by atoms with Crippen LogP contribution in [0.3, 0.4) is 0 Å². The molecule has 1 aromatic rings. The Morgan fingerprint density at radius 1 is 1.22 bits per heavy atom. The summed E-state index contributed by atoms with van der Waals surface area (Å²) in [6.45, 7) is 6.53. The summed E-state index contributed by atoms with van der Waals surface area (Å²) in [5.41, 5.74) is 2.59. The molecular formula is C14H22N2OS. The van der Waals surface area contributed by atoms with Gasteiger partial charge in [0, 0.05) is 20.2 Å². The lowest BCUT2D eigenvalue weighted by Gasteiger charge is -2.11. The minimum Gasteiger partial charge on any atom is -0.383 e. The molecule has 1 rings (SSSR count). The zero-order valence-electron chi connectivity index (χ0n) is 11.3. The highest BCUT2D eigenvalue weighted by Gasteiger charge is 1.99. The summed E-state index contributed by atoms with van der Waals surface area (Å²) in [4.78, 5) is 0. The smallest absolute Gasteiger partial charge is 0.166 e. The number of rotatable bonds is 6. The highest BCUT2D eigenvalue weighted by molar-refractivity contribution is 7.80. The van der Waals surface area contributed by atoms with Gasteiger partial charge in [-0.05, 0) is 29.3 Å². The molecule has 0 atom stereocenters. The summed E-state index contributed by atoms with van der Waals surface area (Å²) in [5.74, 6) is 0.573. The van der Waals surface area contributed by atoms with Gasteiger partial charge in [-0.3, -0.25) is 0 Å². The van der Waals surface area contributed by atoms with Crippen molar-refractivity contribution in [2.24, 2.45) is 0 Å². The summed E-state index contributed by atoms with van der Waals surface area (Å²) < 4.78 is 4.94. The SMILES string of the molecule is COCCNC(=S)NCc1ccc(C(C)C)cc1. The normalized spacial score (nSPS) is 10.4. The number of benzene rings is 1. The van der Waals surface area contributed by atoms with Crippen molar-refractivity contribution in [3.63, 3.8) is 0 Å². The van der Waals surface area contributed by atoms with Crippen LogP contribution in [0.1, 0.15) is 30.9 Å². The average molecular weight is 266 g/mol. The number of nitrogens with one attached hydrogen (secondary N) is 2. The molecule has 0 aliphatic carbocycles. The molecule has 0 heterocycles. The van der Waals surface area contributed by atoms with E-state index in [2.05, 4.69) is 48.7 Å². The van der Waals surface area contributed by atoms with Crippen molar-refractivity contribution in [2.45, 2.75) is 26.3 Å². The van der Waals surface area contributed by atoms with Gasteiger partial charge in [0.1, 0.15) is 0 Å². The number of methoxy groups -OCH3 is 1. The zero-order chi connectivity index (χ0) is 13.4. The Kier molecular flexibility index (Phi) is 6.68. The molecule has 3 nitrogen and oxygen atoms in total. The topological polar surface area (TPSA) is 33.3 Å². The van der Waals surface area contributed by atoms with Crippen molar-refractivity contribution in [3.8, 4) is 0 Å². The quantitative estimate of drug-likeness (QED) is 0.612. The van der Waals surface area contributed by atoms with E-state index in [1.807, 2.05) is 0 Å². The molecule has 0 saturated carbocycles. The van der Waals surface area contributed by atoms with Gasteiger partial charge >= 0.3 is 0 Å². The van der Waals surface area contributed by atoms with Crippen molar-refractivity contribution in [2.75, 3.05) is 20.3 Å². The molecule has 0 bridgehead atoms. The third-order valence-electron chi connectivity index (χ3n) is 2.69. The Bertz CT molecular complexity index is 363. The van der Waals surface area contributed by atoms with E-state index in [-0.39, 0.29) is 0 Å². The minimum absolute atomic E-state index is 0.573. The number of hydrogen-bond donors (Lipinski definition) is 2. The summed E-state index contributed by atoms with van der Waals surface area (Å²) in [7, 11) is 1.68. The van der Waals surface area contributed by atoms with Gasteiger partial charge in [-0.2, -0.15) is 0 Å². The lowest BCUT2D eigenvalue weighted by atomic mass is 10.0. The van der Waals surface area contributed by atoms with Crippen LogP contribution in [-0.2, 0) is 11.3 Å². The van der Waals surface area contributed by atoms with Crippen molar-refractivity contribution >= 4 is 17.3 Å². The van der Waals surface area contributed by atoms with Gasteiger partial charge in [-0.25, -0.2) is 0 Å². The lowest BCUT2D eigenvalue weighted by Crippen LogP contribution is -2.36. The third-order valence-corrected chi connectivity index (χ3v) is 2.98. The van der Waals surface area contributed by atoms with Gasteiger partial charge in [0.15, 0.2) is 5.11 Å². The second-order valence-electron chi connectivity index (χ2n) is 4.50. The second kappa shape index (κ2) is 8.06. The first-order valence-electron chi connectivity index (χ1n) is 6.23. The molecule has 4 heteroatoms. The molecule has 0 spiro atoms. The summed E-state index contributed by atoms with van der Waals surface area (Å²) in [5, 5.41) is 6.92. The maximum absolute atomic E-state index is 5.16. The molecular weight excluding hydrogens is 244 g/mol. The van der Waals surface area contributed by atoms with Gasteiger partial charge < -0.3 is 15.4 Å². The van der Waals surface area contributed by atoms with E-state index in [1.54, 1.807) is 7.11 Å². The monoisotopic (exact) mass is 266 g/mol. The van der Waals surface area contributed by atoms with Crippen LogP contribution < -0.4 is 10.6 Å². The predicted molar refractivity (Wildman–Crippen MR) is 79.8 cm³/mol. The van der Waals surface area contributed by atoms with E-state index < -0.39 is 0 Å². The van der Waals surface area contributed by atoms with Crippen molar-refractivity contribution in [3.05, 3.63) is 35.4 Å². The van der Waals surface area contributed by atoms with Crippen LogP contribution in [0, 0.1) is 0 Å². The van der Waals surface area contributed by atoms with E-state index in [0.717, 1.165) is 13.1 Å². The van der Waals surface area contributed by atoms with Crippen LogP contribution in [0.5, 0.6) is 0 Å². The summed E-state index contributed by atoms with van der Waals surface area (Å²) >= 11 is 5.16. The fourth-order valence-electron chi connectivity index (χ4n) is 1.53. The highest BCUT2D eigenvalue weighted by Crippen LogP contribution is 2.14. The summed E-state index contributed by atoms with van der Waals surface area (Å²) in [6.07, 6.45) is 0. The van der Waals surface area contributed by atoms with Crippen LogP contribution in [0.2, 0.25) is 0 Å². The molecule has 18 heavy (non-hydrogen) atoms. The average Bonchev–Trinajstić information content (AvgIpc) is 2.37. The Balaban J connectivity index is 2.32. The molecule has 0 fully saturated rings. The maximum Gasteiger partial charge on any atom is 0.166 e. The van der Waals surface area contributed by atoms with Crippen LogP contribution in [0.15, 0.2) is 24.3 Å². The van der Waals surface area contributed by atoms with E-state index >= 15 is 0 Å². The first kappa shape index (κ1) is 14.9. The first-order valence-corrected chi connectivity index (χ1v) is 6.63. The maximum atomic E-state index is 5.16. The Morgan fingerprint density at radius 3 is 2.44 bits per heavy atom. The minimum atomic E-state index is 0.573. The Hall–Kier alpha value is -1.13. The van der Waals surface area contributed by atoms with E-state index in [9.17, 15) is 0 Å². The number of ether oxygens (including phenoxy) is 1. The van der Waals surface area contributed by atoms with E-state index in [0.29, 0.717) is 17.6 Å². The largest absolute Gasteiger partial charge is 0.383 e. The van der Waals surface area contributed by atoms with E-state index in [1.165, 1.54) is 11.1 Å². The van der Waals surface area contributed by atoms with Crippen LogP contribution in [-0.4, -0.2) is 25.4 Å². The summed E-state index contributed by atoms with van der Waals surface area (Å²) in [6, 6.07) is 8.62. The van der Waals surface area contributed by atoms with Gasteiger partial charge in [0.25, 0.3) is 0 Å². The lowest BCUT2D eigenvalue weighted by molar-refractivity contribution is 0.204. The molecule has 1 aromatic carbocycles. The molecule has 0 aliphatic rings. The molecule has 0 saturated heterocycles. The molecule has 2 N–H and O–H groups in total.